The molecule has 0 bridgehead atoms. The van der Waals surface area contributed by atoms with Gasteiger partial charge in [0.05, 0.1) is 12.2 Å². The molecule has 0 saturated carbocycles. The molecule has 0 atom stereocenters. The maximum absolute atomic E-state index is 12.2. The Kier molecular flexibility index (Phi) is 5.93. The molecule has 1 aliphatic heterocycles. The highest BCUT2D eigenvalue weighted by Crippen LogP contribution is 2.06. The predicted molar refractivity (Wildman–Crippen MR) is 86.0 cm³/mol. The number of nitrogens with zero attached hydrogens (tertiary/aromatic N) is 2. The van der Waals surface area contributed by atoms with E-state index >= 15 is 0 Å². The quantitative estimate of drug-likeness (QED) is 0.794. The smallest absolute Gasteiger partial charge is 0.224 e. The summed E-state index contributed by atoms with van der Waals surface area (Å²) >= 11 is 0. The van der Waals surface area contributed by atoms with E-state index in [1.807, 2.05) is 37.4 Å². The Hall–Kier alpha value is -1.44. The molecule has 1 aromatic rings. The number of benzene rings is 1. The fourth-order valence-corrected chi connectivity index (χ4v) is 3.70. The number of piperazine rings is 1. The highest BCUT2D eigenvalue weighted by Gasteiger charge is 2.25. The molecular weight excluding hydrogens is 302 g/mol. The third kappa shape index (κ3) is 5.08. The van der Waals surface area contributed by atoms with Crippen molar-refractivity contribution in [1.29, 1.82) is 0 Å². The summed E-state index contributed by atoms with van der Waals surface area (Å²) in [6.45, 7) is 2.70. The average molecular weight is 325 g/mol. The first kappa shape index (κ1) is 16.9. The molecule has 0 aliphatic carbocycles. The molecule has 1 amide bonds. The summed E-state index contributed by atoms with van der Waals surface area (Å²) in [5.74, 6) is -0.197. The fraction of sp³-hybridized carbons (Fsp3) is 0.533. The number of carbonyl (C=O) groups excluding carboxylic acids is 1. The molecular formula is C15H23N3O3S. The van der Waals surface area contributed by atoms with Crippen molar-refractivity contribution in [2.45, 2.75) is 6.42 Å². The summed E-state index contributed by atoms with van der Waals surface area (Å²) in [5, 5.41) is 2.68. The monoisotopic (exact) mass is 325 g/mol. The van der Waals surface area contributed by atoms with Crippen molar-refractivity contribution in [1.82, 2.24) is 14.5 Å². The molecule has 0 aromatic heterocycles. The molecule has 22 heavy (non-hydrogen) atoms. The second-order valence-electron chi connectivity index (χ2n) is 5.53. The number of carbonyl (C=O) groups is 1. The van der Waals surface area contributed by atoms with E-state index in [2.05, 4.69) is 10.2 Å². The first-order valence-corrected chi connectivity index (χ1v) is 9.05. The summed E-state index contributed by atoms with van der Waals surface area (Å²) in [4.78, 5) is 13.9. The maximum Gasteiger partial charge on any atom is 0.224 e. The molecule has 1 N–H and O–H groups in total. The van der Waals surface area contributed by atoms with Gasteiger partial charge in [0.15, 0.2) is 0 Å². The van der Waals surface area contributed by atoms with Gasteiger partial charge in [-0.3, -0.25) is 4.79 Å². The van der Waals surface area contributed by atoms with Crippen LogP contribution in [0.25, 0.3) is 0 Å². The molecule has 7 heteroatoms. The van der Waals surface area contributed by atoms with E-state index < -0.39 is 10.0 Å². The van der Waals surface area contributed by atoms with Gasteiger partial charge >= 0.3 is 0 Å². The summed E-state index contributed by atoms with van der Waals surface area (Å²) in [6, 6.07) is 9.39. The second-order valence-corrected chi connectivity index (χ2v) is 7.62. The minimum absolute atomic E-state index is 0.0444. The lowest BCUT2D eigenvalue weighted by Gasteiger charge is -2.31. The van der Waals surface area contributed by atoms with E-state index in [1.165, 1.54) is 4.31 Å². The summed E-state index contributed by atoms with van der Waals surface area (Å²) in [6.07, 6.45) is 0.273. The molecule has 0 radical (unpaired) electrons. The molecule has 1 fully saturated rings. The van der Waals surface area contributed by atoms with Crippen molar-refractivity contribution in [3.63, 3.8) is 0 Å². The van der Waals surface area contributed by atoms with Gasteiger partial charge in [-0.05, 0) is 12.6 Å². The van der Waals surface area contributed by atoms with Gasteiger partial charge in [-0.1, -0.05) is 30.3 Å². The van der Waals surface area contributed by atoms with Crippen molar-refractivity contribution in [2.75, 3.05) is 45.5 Å². The van der Waals surface area contributed by atoms with Gasteiger partial charge in [-0.2, -0.15) is 4.31 Å². The zero-order valence-corrected chi connectivity index (χ0v) is 13.7. The number of nitrogens with one attached hydrogen (secondary N) is 1. The van der Waals surface area contributed by atoms with Crippen molar-refractivity contribution in [2.24, 2.45) is 0 Å². The Balaban J connectivity index is 1.74. The predicted octanol–water partition coefficient (Wildman–Crippen LogP) is -0.0775. The minimum Gasteiger partial charge on any atom is -0.355 e. The van der Waals surface area contributed by atoms with Gasteiger partial charge in [0, 0.05) is 32.7 Å². The fourth-order valence-electron chi connectivity index (χ4n) is 2.36. The normalized spacial score (nSPS) is 17.3. The number of likely N-dealkylation sites (N-methyl/N-ethyl adjacent to an activating group) is 1. The van der Waals surface area contributed by atoms with Gasteiger partial charge in [-0.15, -0.1) is 0 Å². The van der Waals surface area contributed by atoms with E-state index in [1.54, 1.807) is 0 Å². The van der Waals surface area contributed by atoms with Gasteiger partial charge in [0.1, 0.15) is 0 Å². The van der Waals surface area contributed by atoms with E-state index in [0.717, 1.165) is 18.7 Å². The molecule has 1 aromatic carbocycles. The van der Waals surface area contributed by atoms with Crippen LogP contribution in [-0.2, 0) is 21.2 Å². The maximum atomic E-state index is 12.2. The van der Waals surface area contributed by atoms with Gasteiger partial charge in [0.25, 0.3) is 0 Å². The van der Waals surface area contributed by atoms with Gasteiger partial charge in [0.2, 0.25) is 15.9 Å². The molecule has 1 aliphatic rings. The van der Waals surface area contributed by atoms with Crippen molar-refractivity contribution >= 4 is 15.9 Å². The molecule has 0 unspecified atom stereocenters. The molecule has 2 rings (SSSR count). The Morgan fingerprint density at radius 3 is 2.41 bits per heavy atom. The number of amides is 1. The zero-order chi connectivity index (χ0) is 16.0. The Bertz CT molecular complexity index is 581. The Morgan fingerprint density at radius 2 is 1.77 bits per heavy atom. The van der Waals surface area contributed by atoms with Crippen LogP contribution in [0.1, 0.15) is 5.56 Å². The van der Waals surface area contributed by atoms with E-state index in [4.69, 9.17) is 0 Å². The van der Waals surface area contributed by atoms with E-state index in [9.17, 15) is 13.2 Å². The topological polar surface area (TPSA) is 69.7 Å². The van der Waals surface area contributed by atoms with E-state index in [-0.39, 0.29) is 24.6 Å². The SMILES string of the molecule is CN1CCN(S(=O)(=O)CCNC(=O)Cc2ccccc2)CC1. The average Bonchev–Trinajstić information content (AvgIpc) is 2.48. The van der Waals surface area contributed by atoms with Crippen LogP contribution < -0.4 is 5.32 Å². The third-order valence-electron chi connectivity index (χ3n) is 3.75. The lowest BCUT2D eigenvalue weighted by molar-refractivity contribution is -0.120. The summed E-state index contributed by atoms with van der Waals surface area (Å²) in [7, 11) is -1.30. The number of hydrogen-bond acceptors (Lipinski definition) is 4. The first-order valence-electron chi connectivity index (χ1n) is 7.44. The van der Waals surface area contributed by atoms with Crippen LogP contribution in [0.5, 0.6) is 0 Å². The van der Waals surface area contributed by atoms with Crippen LogP contribution in [-0.4, -0.2) is 69.1 Å². The van der Waals surface area contributed by atoms with Crippen molar-refractivity contribution in [3.05, 3.63) is 35.9 Å². The van der Waals surface area contributed by atoms with Crippen LogP contribution in [0.3, 0.4) is 0 Å². The first-order chi connectivity index (χ1) is 10.5. The van der Waals surface area contributed by atoms with Crippen LogP contribution in [0.15, 0.2) is 30.3 Å². The second kappa shape index (κ2) is 7.71. The Labute approximate surface area is 132 Å². The molecule has 1 heterocycles. The standard InChI is InChI=1S/C15H23N3O3S/c1-17-8-10-18(11-9-17)22(20,21)12-7-16-15(19)13-14-5-3-2-4-6-14/h2-6H,7-13H2,1H3,(H,16,19). The number of sulfonamides is 1. The third-order valence-corrected chi connectivity index (χ3v) is 5.62. The van der Waals surface area contributed by atoms with Gasteiger partial charge < -0.3 is 10.2 Å². The lowest BCUT2D eigenvalue weighted by Crippen LogP contribution is -2.48. The summed E-state index contributed by atoms with van der Waals surface area (Å²) in [5.41, 5.74) is 0.918. The molecule has 6 nitrogen and oxygen atoms in total. The van der Waals surface area contributed by atoms with Crippen LogP contribution in [0.2, 0.25) is 0 Å². The van der Waals surface area contributed by atoms with Gasteiger partial charge in [-0.25, -0.2) is 8.42 Å². The van der Waals surface area contributed by atoms with Crippen molar-refractivity contribution in [3.8, 4) is 0 Å². The molecule has 0 spiro atoms. The largest absolute Gasteiger partial charge is 0.355 e. The summed E-state index contributed by atoms with van der Waals surface area (Å²) < 4.78 is 25.9. The van der Waals surface area contributed by atoms with E-state index in [0.29, 0.717) is 13.1 Å². The van der Waals surface area contributed by atoms with Crippen molar-refractivity contribution < 1.29 is 13.2 Å². The Morgan fingerprint density at radius 1 is 1.14 bits per heavy atom. The minimum atomic E-state index is -3.28. The van der Waals surface area contributed by atoms with Crippen LogP contribution in [0.4, 0.5) is 0 Å². The molecule has 122 valence electrons. The molecule has 1 saturated heterocycles. The zero-order valence-electron chi connectivity index (χ0n) is 12.9. The van der Waals surface area contributed by atoms with Crippen LogP contribution >= 0.6 is 0 Å². The van der Waals surface area contributed by atoms with Crippen LogP contribution in [0, 0.1) is 0 Å². The number of rotatable bonds is 6. The highest BCUT2D eigenvalue weighted by molar-refractivity contribution is 7.89. The highest BCUT2D eigenvalue weighted by atomic mass is 32.2. The number of hydrogen-bond donors (Lipinski definition) is 1. The lowest BCUT2D eigenvalue weighted by atomic mass is 10.1.